The number of halogens is 2. The minimum atomic E-state index is -0.546. The number of carbonyl (C=O) groups excluding carboxylic acids is 1. The number of fused-ring (bicyclic) bond motifs is 1. The van der Waals surface area contributed by atoms with Crippen molar-refractivity contribution in [1.82, 2.24) is 14.8 Å². The first-order valence-corrected chi connectivity index (χ1v) is 12.6. The van der Waals surface area contributed by atoms with E-state index in [-0.39, 0.29) is 12.5 Å². The van der Waals surface area contributed by atoms with Crippen molar-refractivity contribution in [3.63, 3.8) is 0 Å². The molecule has 1 amide bonds. The van der Waals surface area contributed by atoms with Gasteiger partial charge in [0.25, 0.3) is 5.91 Å². The van der Waals surface area contributed by atoms with Crippen LogP contribution in [0.15, 0.2) is 78.3 Å². The molecule has 10 heteroatoms. The van der Waals surface area contributed by atoms with Crippen molar-refractivity contribution >= 4 is 40.7 Å². The summed E-state index contributed by atoms with van der Waals surface area (Å²) in [6, 6.07) is 18.0. The van der Waals surface area contributed by atoms with E-state index in [1.54, 1.807) is 23.9 Å². The van der Waals surface area contributed by atoms with Crippen molar-refractivity contribution in [2.75, 3.05) is 17.7 Å². The van der Waals surface area contributed by atoms with E-state index in [4.69, 9.17) is 32.7 Å². The Morgan fingerprint density at radius 2 is 1.87 bits per heavy atom. The first-order chi connectivity index (χ1) is 18.4. The van der Waals surface area contributed by atoms with Crippen LogP contribution in [0.2, 0.25) is 10.0 Å². The number of benzene rings is 3. The lowest BCUT2D eigenvalue weighted by Gasteiger charge is -2.29. The molecular weight excluding hydrogens is 525 g/mol. The van der Waals surface area contributed by atoms with Crippen LogP contribution in [0.5, 0.6) is 11.5 Å². The number of aromatic nitrogens is 3. The lowest BCUT2D eigenvalue weighted by Crippen LogP contribution is -2.31. The molecule has 38 heavy (non-hydrogen) atoms. The Bertz CT molecular complexity index is 1550. The molecule has 5 rings (SSSR count). The summed E-state index contributed by atoms with van der Waals surface area (Å²) < 4.78 is 13.4. The number of amides is 1. The van der Waals surface area contributed by atoms with Crippen molar-refractivity contribution in [3.05, 3.63) is 105 Å². The molecule has 4 aromatic rings. The van der Waals surface area contributed by atoms with E-state index in [2.05, 4.69) is 20.7 Å². The third kappa shape index (κ3) is 5.05. The molecule has 8 nitrogen and oxygen atoms in total. The molecule has 0 radical (unpaired) electrons. The standard InChI is InChI=1S/C28H25Cl2N5O3/c1-16-6-4-5-7-22(16)34-27(36)25-17(2)33-28-31-15-32-35(28)26(25)19-9-11-23(24(13-19)37-3)38-14-18-8-10-20(29)21(30)12-18/h4-13,15,26H,14H2,1-3H3,(H,34,36)(H,31,32,33)/t26-/m0/s1. The Labute approximate surface area is 230 Å². The summed E-state index contributed by atoms with van der Waals surface area (Å²) in [6.45, 7) is 4.07. The van der Waals surface area contributed by atoms with Gasteiger partial charge in [-0.25, -0.2) is 4.68 Å². The Morgan fingerprint density at radius 1 is 1.05 bits per heavy atom. The largest absolute Gasteiger partial charge is 0.493 e. The summed E-state index contributed by atoms with van der Waals surface area (Å²) in [5.41, 5.74) is 4.55. The maximum atomic E-state index is 13.6. The zero-order valence-corrected chi connectivity index (χ0v) is 22.5. The molecule has 0 unspecified atom stereocenters. The fourth-order valence-corrected chi connectivity index (χ4v) is 4.68. The molecule has 2 heterocycles. The molecule has 2 N–H and O–H groups in total. The van der Waals surface area contributed by atoms with Gasteiger partial charge in [-0.3, -0.25) is 4.79 Å². The van der Waals surface area contributed by atoms with Crippen LogP contribution in [0.25, 0.3) is 0 Å². The van der Waals surface area contributed by atoms with E-state index in [1.165, 1.54) is 6.33 Å². The van der Waals surface area contributed by atoms with E-state index in [0.29, 0.717) is 38.8 Å². The van der Waals surface area contributed by atoms with Gasteiger partial charge in [-0.15, -0.1) is 0 Å². The Balaban J connectivity index is 1.47. The fraction of sp³-hybridized carbons (Fsp3) is 0.179. The van der Waals surface area contributed by atoms with Gasteiger partial charge in [0.2, 0.25) is 5.95 Å². The molecule has 194 valence electrons. The predicted octanol–water partition coefficient (Wildman–Crippen LogP) is 6.41. The van der Waals surface area contributed by atoms with Crippen molar-refractivity contribution in [3.8, 4) is 11.5 Å². The molecule has 0 saturated heterocycles. The van der Waals surface area contributed by atoms with E-state index in [1.807, 2.05) is 62.4 Å². The number of anilines is 2. The van der Waals surface area contributed by atoms with Gasteiger partial charge in [0.1, 0.15) is 19.0 Å². The molecule has 1 aliphatic heterocycles. The van der Waals surface area contributed by atoms with Gasteiger partial charge in [-0.05, 0) is 60.9 Å². The van der Waals surface area contributed by atoms with Gasteiger partial charge in [0, 0.05) is 11.4 Å². The van der Waals surface area contributed by atoms with Crippen LogP contribution < -0.4 is 20.1 Å². The number of methoxy groups -OCH3 is 1. The summed E-state index contributed by atoms with van der Waals surface area (Å²) >= 11 is 12.2. The van der Waals surface area contributed by atoms with Crippen molar-refractivity contribution in [2.24, 2.45) is 0 Å². The number of hydrogen-bond donors (Lipinski definition) is 2. The number of nitrogens with one attached hydrogen (secondary N) is 2. The van der Waals surface area contributed by atoms with Crippen LogP contribution in [0.1, 0.15) is 29.7 Å². The number of hydrogen-bond acceptors (Lipinski definition) is 6. The van der Waals surface area contributed by atoms with Crippen LogP contribution in [0.3, 0.4) is 0 Å². The minimum Gasteiger partial charge on any atom is -0.493 e. The number of allylic oxidation sites excluding steroid dienone is 1. The number of para-hydroxylation sites is 1. The third-order valence-corrected chi connectivity index (χ3v) is 7.05. The number of ether oxygens (including phenoxy) is 2. The van der Waals surface area contributed by atoms with Crippen molar-refractivity contribution in [2.45, 2.75) is 26.5 Å². The van der Waals surface area contributed by atoms with Gasteiger partial charge in [0.15, 0.2) is 11.5 Å². The summed E-state index contributed by atoms with van der Waals surface area (Å²) in [5, 5.41) is 11.6. The zero-order chi connectivity index (χ0) is 26.8. The molecule has 0 saturated carbocycles. The van der Waals surface area contributed by atoms with Crippen LogP contribution >= 0.6 is 23.2 Å². The van der Waals surface area contributed by atoms with Crippen LogP contribution in [-0.4, -0.2) is 27.8 Å². The van der Waals surface area contributed by atoms with Gasteiger partial charge < -0.3 is 20.1 Å². The summed E-state index contributed by atoms with van der Waals surface area (Å²) in [7, 11) is 1.57. The SMILES string of the molecule is COc1cc([C@H]2C(C(=O)Nc3ccccc3C)=C(C)Nc3ncnn32)ccc1OCc1ccc(Cl)c(Cl)c1. The normalized spacial score (nSPS) is 14.5. The smallest absolute Gasteiger partial charge is 0.255 e. The van der Waals surface area contributed by atoms with Crippen LogP contribution in [0.4, 0.5) is 11.6 Å². The molecule has 3 aromatic carbocycles. The first-order valence-electron chi connectivity index (χ1n) is 11.8. The maximum Gasteiger partial charge on any atom is 0.255 e. The summed E-state index contributed by atoms with van der Waals surface area (Å²) in [4.78, 5) is 17.9. The predicted molar refractivity (Wildman–Crippen MR) is 148 cm³/mol. The lowest BCUT2D eigenvalue weighted by atomic mass is 9.94. The fourth-order valence-electron chi connectivity index (χ4n) is 4.36. The zero-order valence-electron chi connectivity index (χ0n) is 21.0. The highest BCUT2D eigenvalue weighted by atomic mass is 35.5. The number of nitrogens with zero attached hydrogens (tertiary/aromatic N) is 3. The highest BCUT2D eigenvalue weighted by Gasteiger charge is 2.34. The molecule has 0 spiro atoms. The molecule has 0 fully saturated rings. The monoisotopic (exact) mass is 549 g/mol. The lowest BCUT2D eigenvalue weighted by molar-refractivity contribution is -0.113. The average molecular weight is 550 g/mol. The summed E-state index contributed by atoms with van der Waals surface area (Å²) in [6.07, 6.45) is 1.46. The molecule has 1 aromatic heterocycles. The number of rotatable bonds is 7. The quantitative estimate of drug-likeness (QED) is 0.277. The van der Waals surface area contributed by atoms with E-state index < -0.39 is 6.04 Å². The Kier molecular flexibility index (Phi) is 7.26. The number of carbonyl (C=O) groups is 1. The topological polar surface area (TPSA) is 90.3 Å². The Hall–Kier alpha value is -4.01. The maximum absolute atomic E-state index is 13.6. The second kappa shape index (κ2) is 10.8. The molecule has 1 atom stereocenters. The summed E-state index contributed by atoms with van der Waals surface area (Å²) in [5.74, 6) is 1.36. The van der Waals surface area contributed by atoms with Gasteiger partial charge >= 0.3 is 0 Å². The minimum absolute atomic E-state index is 0.241. The Morgan fingerprint density at radius 3 is 2.63 bits per heavy atom. The van der Waals surface area contributed by atoms with Crippen molar-refractivity contribution < 1.29 is 14.3 Å². The van der Waals surface area contributed by atoms with Gasteiger partial charge in [-0.2, -0.15) is 10.1 Å². The second-order valence-electron chi connectivity index (χ2n) is 8.81. The molecular formula is C28H25Cl2N5O3. The first kappa shape index (κ1) is 25.6. The van der Waals surface area contributed by atoms with Crippen LogP contribution in [-0.2, 0) is 11.4 Å². The van der Waals surface area contributed by atoms with Crippen LogP contribution in [0, 0.1) is 6.92 Å². The molecule has 0 aliphatic carbocycles. The van der Waals surface area contributed by atoms with E-state index >= 15 is 0 Å². The van der Waals surface area contributed by atoms with E-state index in [0.717, 1.165) is 22.4 Å². The van der Waals surface area contributed by atoms with E-state index in [9.17, 15) is 4.79 Å². The molecule has 1 aliphatic rings. The second-order valence-corrected chi connectivity index (χ2v) is 9.63. The van der Waals surface area contributed by atoms with Gasteiger partial charge in [-0.1, -0.05) is 53.5 Å². The number of aryl methyl sites for hydroxylation is 1. The average Bonchev–Trinajstić information content (AvgIpc) is 3.37. The van der Waals surface area contributed by atoms with Crippen molar-refractivity contribution in [1.29, 1.82) is 0 Å². The third-order valence-electron chi connectivity index (χ3n) is 6.31. The highest BCUT2D eigenvalue weighted by molar-refractivity contribution is 6.42. The highest BCUT2D eigenvalue weighted by Crippen LogP contribution is 2.39. The molecule has 0 bridgehead atoms. The van der Waals surface area contributed by atoms with Gasteiger partial charge in [0.05, 0.1) is 22.7 Å².